The summed E-state index contributed by atoms with van der Waals surface area (Å²) in [7, 11) is 0. The molecule has 0 rings (SSSR count). The van der Waals surface area contributed by atoms with E-state index < -0.39 is 11.9 Å². The molecule has 6 nitrogen and oxygen atoms in total. The van der Waals surface area contributed by atoms with Crippen LogP contribution in [0.1, 0.15) is 122 Å². The number of carbonyl (C=O) groups excluding carboxylic acids is 1. The molecule has 29 heavy (non-hydrogen) atoms. The van der Waals surface area contributed by atoms with E-state index in [-0.39, 0.29) is 12.3 Å². The monoisotopic (exact) mass is 413 g/mol. The van der Waals surface area contributed by atoms with Crippen LogP contribution in [0.2, 0.25) is 0 Å². The average molecular weight is 414 g/mol. The molecule has 0 saturated heterocycles. The lowest BCUT2D eigenvalue weighted by Gasteiger charge is -2.05. The number of aliphatic carboxylic acids is 2. The fourth-order valence-electron chi connectivity index (χ4n) is 3.40. The molecule has 0 bridgehead atoms. The predicted octanol–water partition coefficient (Wildman–Crippen LogP) is 5.68. The highest BCUT2D eigenvalue weighted by atomic mass is 16.4. The van der Waals surface area contributed by atoms with E-state index in [0.717, 1.165) is 38.5 Å². The summed E-state index contributed by atoms with van der Waals surface area (Å²) >= 11 is 0. The summed E-state index contributed by atoms with van der Waals surface area (Å²) in [6.07, 6.45) is 18.9. The Morgan fingerprint density at radius 3 is 1.14 bits per heavy atom. The van der Waals surface area contributed by atoms with E-state index in [0.29, 0.717) is 25.8 Å². The molecular formula is C23H43NO5. The molecule has 0 aliphatic carbocycles. The van der Waals surface area contributed by atoms with Crippen molar-refractivity contribution in [1.82, 2.24) is 5.32 Å². The molecule has 1 amide bonds. The summed E-state index contributed by atoms with van der Waals surface area (Å²) in [6.45, 7) is 0.580. The van der Waals surface area contributed by atoms with Gasteiger partial charge < -0.3 is 15.5 Å². The average Bonchev–Trinajstić information content (AvgIpc) is 2.66. The lowest BCUT2D eigenvalue weighted by atomic mass is 10.0. The molecule has 170 valence electrons. The first-order chi connectivity index (χ1) is 14.0. The Kier molecular flexibility index (Phi) is 20.0. The van der Waals surface area contributed by atoms with Gasteiger partial charge in [0.1, 0.15) is 0 Å². The Morgan fingerprint density at radius 1 is 0.448 bits per heavy atom. The van der Waals surface area contributed by atoms with E-state index in [1.54, 1.807) is 0 Å². The van der Waals surface area contributed by atoms with Crippen molar-refractivity contribution in [3.8, 4) is 0 Å². The van der Waals surface area contributed by atoms with Gasteiger partial charge in [-0.3, -0.25) is 14.4 Å². The van der Waals surface area contributed by atoms with Crippen LogP contribution in [0.15, 0.2) is 0 Å². The van der Waals surface area contributed by atoms with Gasteiger partial charge in [-0.15, -0.1) is 0 Å². The SMILES string of the molecule is O=C(O)CCCCCCCCCCCCCCCCC(=O)NCCCCC(=O)O. The third kappa shape index (κ3) is 24.4. The molecular weight excluding hydrogens is 370 g/mol. The number of hydrogen-bond donors (Lipinski definition) is 3. The maximum Gasteiger partial charge on any atom is 0.303 e. The van der Waals surface area contributed by atoms with Crippen LogP contribution in [-0.2, 0) is 14.4 Å². The van der Waals surface area contributed by atoms with Crippen LogP contribution in [0, 0.1) is 0 Å². The van der Waals surface area contributed by atoms with Crippen molar-refractivity contribution in [2.24, 2.45) is 0 Å². The van der Waals surface area contributed by atoms with Gasteiger partial charge in [0.2, 0.25) is 5.91 Å². The van der Waals surface area contributed by atoms with Crippen LogP contribution >= 0.6 is 0 Å². The van der Waals surface area contributed by atoms with Crippen LogP contribution in [0.25, 0.3) is 0 Å². The molecule has 0 radical (unpaired) electrons. The molecule has 0 saturated carbocycles. The van der Waals surface area contributed by atoms with Crippen molar-refractivity contribution in [1.29, 1.82) is 0 Å². The fraction of sp³-hybridized carbons (Fsp3) is 0.870. The van der Waals surface area contributed by atoms with E-state index in [4.69, 9.17) is 10.2 Å². The van der Waals surface area contributed by atoms with Gasteiger partial charge in [0, 0.05) is 25.8 Å². The lowest BCUT2D eigenvalue weighted by Crippen LogP contribution is -2.24. The smallest absolute Gasteiger partial charge is 0.303 e. The highest BCUT2D eigenvalue weighted by Gasteiger charge is 2.02. The maximum absolute atomic E-state index is 11.6. The molecule has 0 atom stereocenters. The van der Waals surface area contributed by atoms with Crippen LogP contribution in [0.3, 0.4) is 0 Å². The van der Waals surface area contributed by atoms with Gasteiger partial charge in [-0.05, 0) is 25.7 Å². The van der Waals surface area contributed by atoms with Gasteiger partial charge in [-0.25, -0.2) is 0 Å². The molecule has 3 N–H and O–H groups in total. The van der Waals surface area contributed by atoms with E-state index in [2.05, 4.69) is 5.32 Å². The normalized spacial score (nSPS) is 10.8. The second kappa shape index (κ2) is 21.1. The number of carboxylic acids is 2. The number of carbonyl (C=O) groups is 3. The molecule has 0 aliphatic heterocycles. The van der Waals surface area contributed by atoms with E-state index in [1.165, 1.54) is 57.8 Å². The maximum atomic E-state index is 11.6. The topological polar surface area (TPSA) is 104 Å². The van der Waals surface area contributed by atoms with Crippen molar-refractivity contribution in [3.05, 3.63) is 0 Å². The molecule has 0 heterocycles. The van der Waals surface area contributed by atoms with Crippen LogP contribution in [-0.4, -0.2) is 34.6 Å². The van der Waals surface area contributed by atoms with Crippen molar-refractivity contribution < 1.29 is 24.6 Å². The van der Waals surface area contributed by atoms with Crippen LogP contribution in [0.5, 0.6) is 0 Å². The van der Waals surface area contributed by atoms with E-state index in [1.807, 2.05) is 0 Å². The Morgan fingerprint density at radius 2 is 0.759 bits per heavy atom. The molecule has 0 unspecified atom stereocenters. The van der Waals surface area contributed by atoms with Gasteiger partial charge in [-0.2, -0.15) is 0 Å². The minimum Gasteiger partial charge on any atom is -0.481 e. The first kappa shape index (κ1) is 27.4. The van der Waals surface area contributed by atoms with Crippen molar-refractivity contribution in [2.75, 3.05) is 6.54 Å². The molecule has 0 aromatic heterocycles. The molecule has 0 spiro atoms. The standard InChI is InChI=1S/C23H43NO5/c25-21(24-20-16-15-19-23(28)29)17-13-11-9-7-5-3-1-2-4-6-8-10-12-14-18-22(26)27/h1-20H2,(H,24,25)(H,26,27)(H,28,29). The highest BCUT2D eigenvalue weighted by Crippen LogP contribution is 2.13. The number of nitrogens with one attached hydrogen (secondary N) is 1. The van der Waals surface area contributed by atoms with E-state index >= 15 is 0 Å². The van der Waals surface area contributed by atoms with E-state index in [9.17, 15) is 14.4 Å². The second-order valence-corrected chi connectivity index (χ2v) is 8.04. The zero-order valence-electron chi connectivity index (χ0n) is 18.3. The third-order valence-electron chi connectivity index (χ3n) is 5.18. The second-order valence-electron chi connectivity index (χ2n) is 8.04. The number of amides is 1. The largest absolute Gasteiger partial charge is 0.481 e. The molecule has 0 aromatic carbocycles. The van der Waals surface area contributed by atoms with Gasteiger partial charge >= 0.3 is 11.9 Å². The number of rotatable bonds is 22. The first-order valence-electron chi connectivity index (χ1n) is 11.7. The summed E-state index contributed by atoms with van der Waals surface area (Å²) in [6, 6.07) is 0. The Balaban J connectivity index is 3.15. The number of carboxylic acid groups (broad SMARTS) is 2. The van der Waals surface area contributed by atoms with Crippen molar-refractivity contribution in [3.63, 3.8) is 0 Å². The molecule has 6 heteroatoms. The predicted molar refractivity (Wildman–Crippen MR) is 116 cm³/mol. The van der Waals surface area contributed by atoms with Crippen LogP contribution < -0.4 is 5.32 Å². The summed E-state index contributed by atoms with van der Waals surface area (Å²) in [5.41, 5.74) is 0. The number of unbranched alkanes of at least 4 members (excludes halogenated alkanes) is 14. The quantitative estimate of drug-likeness (QED) is 0.198. The minimum absolute atomic E-state index is 0.0854. The van der Waals surface area contributed by atoms with Gasteiger partial charge in [-0.1, -0.05) is 77.0 Å². The highest BCUT2D eigenvalue weighted by molar-refractivity contribution is 5.75. The van der Waals surface area contributed by atoms with Gasteiger partial charge in [0.25, 0.3) is 0 Å². The summed E-state index contributed by atoms with van der Waals surface area (Å²) in [5, 5.41) is 20.0. The zero-order valence-corrected chi connectivity index (χ0v) is 18.3. The number of hydrogen-bond acceptors (Lipinski definition) is 3. The van der Waals surface area contributed by atoms with Gasteiger partial charge in [0.05, 0.1) is 0 Å². The minimum atomic E-state index is -0.780. The van der Waals surface area contributed by atoms with Gasteiger partial charge in [0.15, 0.2) is 0 Å². The Hall–Kier alpha value is -1.59. The summed E-state index contributed by atoms with van der Waals surface area (Å²) in [4.78, 5) is 32.4. The zero-order chi connectivity index (χ0) is 21.6. The Labute approximate surface area is 176 Å². The van der Waals surface area contributed by atoms with Crippen LogP contribution in [0.4, 0.5) is 0 Å². The fourth-order valence-corrected chi connectivity index (χ4v) is 3.40. The summed E-state index contributed by atoms with van der Waals surface area (Å²) < 4.78 is 0. The lowest BCUT2D eigenvalue weighted by molar-refractivity contribution is -0.138. The molecule has 0 aromatic rings. The molecule has 0 fully saturated rings. The first-order valence-corrected chi connectivity index (χ1v) is 11.7. The van der Waals surface area contributed by atoms with Crippen molar-refractivity contribution >= 4 is 17.8 Å². The summed E-state index contributed by atoms with van der Waals surface area (Å²) in [5.74, 6) is -1.38. The molecule has 0 aliphatic rings. The Bertz CT molecular complexity index is 425. The van der Waals surface area contributed by atoms with Crippen molar-refractivity contribution in [2.45, 2.75) is 122 Å². The third-order valence-corrected chi connectivity index (χ3v) is 5.18.